The Morgan fingerprint density at radius 1 is 1.60 bits per heavy atom. The van der Waals surface area contributed by atoms with Gasteiger partial charge in [-0.2, -0.15) is 0 Å². The highest BCUT2D eigenvalue weighted by Crippen LogP contribution is 2.34. The van der Waals surface area contributed by atoms with Crippen LogP contribution in [0.5, 0.6) is 0 Å². The summed E-state index contributed by atoms with van der Waals surface area (Å²) in [5.74, 6) is 0. The maximum atomic E-state index is 9.30. The minimum Gasteiger partial charge on any atom is -0.392 e. The number of hydrogen-bond donors (Lipinski definition) is 1. The van der Waals surface area contributed by atoms with Gasteiger partial charge in [-0.1, -0.05) is 0 Å². The number of nitrogens with zero attached hydrogens (tertiary/aromatic N) is 1. The molecular weight excluding hydrogens is 130 g/mol. The van der Waals surface area contributed by atoms with Crippen LogP contribution in [0.25, 0.3) is 0 Å². The van der Waals surface area contributed by atoms with Crippen molar-refractivity contribution in [3.8, 4) is 0 Å². The topological polar surface area (TPSA) is 32.7 Å². The lowest BCUT2D eigenvalue weighted by Gasteiger charge is -2.43. The summed E-state index contributed by atoms with van der Waals surface area (Å²) in [5.41, 5.74) is 0.208. The second-order valence-electron chi connectivity index (χ2n) is 3.46. The monoisotopic (exact) mass is 143 g/mol. The first kappa shape index (κ1) is 6.58. The molecule has 0 radical (unpaired) electrons. The number of ether oxygens (including phenoxy) is 1. The molecule has 3 nitrogen and oxygen atoms in total. The van der Waals surface area contributed by atoms with Crippen LogP contribution in [-0.4, -0.2) is 48.5 Å². The van der Waals surface area contributed by atoms with Crippen LogP contribution in [0, 0.1) is 0 Å². The molecule has 3 heteroatoms. The van der Waals surface area contributed by atoms with Crippen LogP contribution in [0.4, 0.5) is 0 Å². The van der Waals surface area contributed by atoms with Gasteiger partial charge in [0.25, 0.3) is 0 Å². The Bertz CT molecular complexity index is 145. The third kappa shape index (κ3) is 0.713. The Morgan fingerprint density at radius 3 is 2.50 bits per heavy atom. The van der Waals surface area contributed by atoms with E-state index in [0.29, 0.717) is 0 Å². The van der Waals surface area contributed by atoms with E-state index < -0.39 is 0 Å². The van der Waals surface area contributed by atoms with Crippen LogP contribution in [0.1, 0.15) is 6.42 Å². The number of β-amino-alcohol motifs (C(OH)–C–C–N with tert-alkyl or cyclic N) is 1. The second-order valence-corrected chi connectivity index (χ2v) is 3.46. The largest absolute Gasteiger partial charge is 0.392 e. The minimum atomic E-state index is -0.131. The summed E-state index contributed by atoms with van der Waals surface area (Å²) in [6.07, 6.45) is 0.762. The molecule has 58 valence electrons. The predicted molar refractivity (Wildman–Crippen MR) is 36.8 cm³/mol. The smallest absolute Gasteiger partial charge is 0.0702 e. The lowest BCUT2D eigenvalue weighted by atomic mass is 9.94. The van der Waals surface area contributed by atoms with E-state index in [1.54, 1.807) is 0 Å². The van der Waals surface area contributed by atoms with Crippen LogP contribution < -0.4 is 0 Å². The number of aliphatic hydroxyl groups excluding tert-OH is 1. The quantitative estimate of drug-likeness (QED) is 0.494. The molecular formula is C7H13NO2. The van der Waals surface area contributed by atoms with Gasteiger partial charge >= 0.3 is 0 Å². The van der Waals surface area contributed by atoms with Gasteiger partial charge in [0.15, 0.2) is 0 Å². The molecule has 0 unspecified atom stereocenters. The summed E-state index contributed by atoms with van der Waals surface area (Å²) in [4.78, 5) is 2.21. The Morgan fingerprint density at radius 2 is 2.30 bits per heavy atom. The molecule has 1 atom stereocenters. The molecule has 10 heavy (non-hydrogen) atoms. The third-order valence-corrected chi connectivity index (χ3v) is 2.65. The van der Waals surface area contributed by atoms with E-state index in [9.17, 15) is 5.11 Å². The van der Waals surface area contributed by atoms with Gasteiger partial charge in [0.1, 0.15) is 0 Å². The number of likely N-dealkylation sites (tertiary alicyclic amines) is 1. The first-order chi connectivity index (χ1) is 4.73. The van der Waals surface area contributed by atoms with Gasteiger partial charge in [-0.3, -0.25) is 4.90 Å². The molecule has 0 bridgehead atoms. The lowest BCUT2D eigenvalue weighted by Crippen LogP contribution is -2.57. The van der Waals surface area contributed by atoms with Gasteiger partial charge in [0.05, 0.1) is 24.9 Å². The van der Waals surface area contributed by atoms with Crippen molar-refractivity contribution in [2.24, 2.45) is 0 Å². The Balaban J connectivity index is 2.08. The SMILES string of the molecule is CN1C[C@@H](O)CC12COC2. The van der Waals surface area contributed by atoms with Crippen molar-refractivity contribution in [2.45, 2.75) is 18.1 Å². The normalized spacial score (nSPS) is 38.4. The highest BCUT2D eigenvalue weighted by Gasteiger charge is 2.48. The van der Waals surface area contributed by atoms with E-state index >= 15 is 0 Å². The zero-order chi connectivity index (χ0) is 7.19. The van der Waals surface area contributed by atoms with Gasteiger partial charge in [-0.25, -0.2) is 0 Å². The third-order valence-electron chi connectivity index (χ3n) is 2.65. The van der Waals surface area contributed by atoms with Crippen molar-refractivity contribution in [3.63, 3.8) is 0 Å². The molecule has 2 fully saturated rings. The average Bonchev–Trinajstić information content (AvgIpc) is 2.04. The van der Waals surface area contributed by atoms with E-state index in [1.165, 1.54) is 0 Å². The summed E-state index contributed by atoms with van der Waals surface area (Å²) in [7, 11) is 2.05. The molecule has 0 saturated carbocycles. The van der Waals surface area contributed by atoms with Crippen LogP contribution in [0.3, 0.4) is 0 Å². The molecule has 2 aliphatic heterocycles. The fourth-order valence-electron chi connectivity index (χ4n) is 1.84. The van der Waals surface area contributed by atoms with Crippen LogP contribution in [-0.2, 0) is 4.74 Å². The predicted octanol–water partition coefficient (Wildman–Crippen LogP) is -0.548. The minimum absolute atomic E-state index is 0.131. The highest BCUT2D eigenvalue weighted by atomic mass is 16.5. The van der Waals surface area contributed by atoms with Gasteiger partial charge in [-0.15, -0.1) is 0 Å². The van der Waals surface area contributed by atoms with Crippen molar-refractivity contribution >= 4 is 0 Å². The Labute approximate surface area is 60.6 Å². The fourth-order valence-corrected chi connectivity index (χ4v) is 1.84. The molecule has 0 aromatic heterocycles. The number of aliphatic hydroxyl groups is 1. The maximum Gasteiger partial charge on any atom is 0.0702 e. The highest BCUT2D eigenvalue weighted by molar-refractivity contribution is 5.02. The van der Waals surface area contributed by atoms with Crippen molar-refractivity contribution in [2.75, 3.05) is 26.8 Å². The molecule has 0 aromatic rings. The molecule has 1 spiro atoms. The maximum absolute atomic E-state index is 9.30. The van der Waals surface area contributed by atoms with Crippen molar-refractivity contribution in [1.29, 1.82) is 0 Å². The zero-order valence-electron chi connectivity index (χ0n) is 6.21. The van der Waals surface area contributed by atoms with E-state index in [2.05, 4.69) is 11.9 Å². The van der Waals surface area contributed by atoms with Crippen molar-refractivity contribution < 1.29 is 9.84 Å². The molecule has 0 amide bonds. The lowest BCUT2D eigenvalue weighted by molar-refractivity contribution is -0.115. The van der Waals surface area contributed by atoms with Crippen LogP contribution in [0.15, 0.2) is 0 Å². The number of hydrogen-bond acceptors (Lipinski definition) is 3. The second kappa shape index (κ2) is 1.94. The summed E-state index contributed by atoms with van der Waals surface area (Å²) in [6, 6.07) is 0. The van der Waals surface area contributed by atoms with E-state index in [0.717, 1.165) is 26.2 Å². The molecule has 2 aliphatic rings. The van der Waals surface area contributed by atoms with Gasteiger partial charge < -0.3 is 9.84 Å². The van der Waals surface area contributed by atoms with Gasteiger partial charge in [0, 0.05) is 6.54 Å². The standard InChI is InChI=1S/C7H13NO2/c1-8-3-6(9)2-7(8)4-10-5-7/h6,9H,2-5H2,1H3/t6-/m0/s1. The van der Waals surface area contributed by atoms with E-state index in [4.69, 9.17) is 4.74 Å². The molecule has 1 N–H and O–H groups in total. The molecule has 2 heterocycles. The van der Waals surface area contributed by atoms with Gasteiger partial charge in [0.2, 0.25) is 0 Å². The molecule has 0 aliphatic carbocycles. The first-order valence-corrected chi connectivity index (χ1v) is 3.70. The summed E-state index contributed by atoms with van der Waals surface area (Å²) < 4.78 is 5.13. The van der Waals surface area contributed by atoms with E-state index in [1.807, 2.05) is 0 Å². The fraction of sp³-hybridized carbons (Fsp3) is 1.00. The molecule has 0 aromatic carbocycles. The van der Waals surface area contributed by atoms with Crippen molar-refractivity contribution in [3.05, 3.63) is 0 Å². The first-order valence-electron chi connectivity index (χ1n) is 3.70. The Hall–Kier alpha value is -0.120. The summed E-state index contributed by atoms with van der Waals surface area (Å²) >= 11 is 0. The summed E-state index contributed by atoms with van der Waals surface area (Å²) in [5, 5.41) is 9.30. The van der Waals surface area contributed by atoms with Gasteiger partial charge in [-0.05, 0) is 13.5 Å². The summed E-state index contributed by atoms with van der Waals surface area (Å²) in [6.45, 7) is 2.42. The molecule has 2 rings (SSSR count). The number of rotatable bonds is 0. The Kier molecular flexibility index (Phi) is 1.27. The van der Waals surface area contributed by atoms with Crippen LogP contribution in [0.2, 0.25) is 0 Å². The van der Waals surface area contributed by atoms with E-state index in [-0.39, 0.29) is 11.6 Å². The molecule has 2 saturated heterocycles. The zero-order valence-corrected chi connectivity index (χ0v) is 6.21. The van der Waals surface area contributed by atoms with Crippen molar-refractivity contribution in [1.82, 2.24) is 4.90 Å². The number of likely N-dealkylation sites (N-methyl/N-ethyl adjacent to an activating group) is 1. The average molecular weight is 143 g/mol. The van der Waals surface area contributed by atoms with Crippen LogP contribution >= 0.6 is 0 Å².